The average Bonchev–Trinajstić information content (AvgIpc) is 2.66. The van der Waals surface area contributed by atoms with Gasteiger partial charge >= 0.3 is 11.7 Å². The molecule has 1 fully saturated rings. The minimum atomic E-state index is -1.24. The molecule has 4 atom stereocenters. The van der Waals surface area contributed by atoms with E-state index < -0.39 is 48.4 Å². The minimum absolute atomic E-state index is 0.249. The normalized spacial score (nSPS) is 32.6. The van der Waals surface area contributed by atoms with Gasteiger partial charge in [-0.05, 0) is 0 Å². The lowest BCUT2D eigenvalue weighted by Gasteiger charge is -2.28. The number of aromatic amines is 1. The number of fused-ring (bicyclic) bond motifs is 3. The van der Waals surface area contributed by atoms with E-state index in [0.29, 0.717) is 0 Å². The molecule has 2 aliphatic heterocycles. The Morgan fingerprint density at radius 1 is 1.37 bits per heavy atom. The van der Waals surface area contributed by atoms with Crippen LogP contribution in [0.2, 0.25) is 0 Å². The molecule has 0 aromatic carbocycles. The van der Waals surface area contributed by atoms with E-state index in [2.05, 4.69) is 0 Å². The van der Waals surface area contributed by atoms with Gasteiger partial charge in [-0.1, -0.05) is 0 Å². The first-order valence-electron chi connectivity index (χ1n) is 5.54. The van der Waals surface area contributed by atoms with E-state index >= 15 is 0 Å². The molecule has 0 aliphatic carbocycles. The smallest absolute Gasteiger partial charge is 0.355 e. The van der Waals surface area contributed by atoms with Gasteiger partial charge in [-0.25, -0.2) is 9.59 Å². The average molecular weight is 270 g/mol. The molecule has 3 heterocycles. The number of H-pyrrole nitrogens is 1. The van der Waals surface area contributed by atoms with E-state index in [1.807, 2.05) is 4.98 Å². The molecule has 1 saturated heterocycles. The second-order valence-electron chi connectivity index (χ2n) is 4.30. The molecule has 102 valence electrons. The number of aromatic nitrogens is 2. The van der Waals surface area contributed by atoms with Gasteiger partial charge in [0.05, 0.1) is 6.61 Å². The predicted molar refractivity (Wildman–Crippen MR) is 57.5 cm³/mol. The van der Waals surface area contributed by atoms with Crippen molar-refractivity contribution in [3.8, 4) is 0 Å². The van der Waals surface area contributed by atoms with E-state index in [9.17, 15) is 19.5 Å². The fraction of sp³-hybridized carbons (Fsp3) is 0.500. The standard InChI is InChI=1S/C10H10N2O7/c13-2-4-6(15)7-8(18-4)12-3(9(16)19-7)1-5(14)11-10(12)17/h1,4,6-8,13,15H,2H2,(H,11,14,17)/t4-,6+,7+,8+/m0/s1. The first-order chi connectivity index (χ1) is 9.02. The molecule has 1 aromatic rings. The van der Waals surface area contributed by atoms with Gasteiger partial charge in [-0.3, -0.25) is 14.3 Å². The van der Waals surface area contributed by atoms with Crippen LogP contribution in [0.25, 0.3) is 0 Å². The summed E-state index contributed by atoms with van der Waals surface area (Å²) in [5, 5.41) is 18.9. The maximum absolute atomic E-state index is 11.8. The number of aliphatic hydroxyl groups excluding tert-OH is 2. The number of hydrogen-bond donors (Lipinski definition) is 3. The molecule has 0 unspecified atom stereocenters. The number of carbonyl (C=O) groups excluding carboxylic acids is 1. The Kier molecular flexibility index (Phi) is 2.55. The summed E-state index contributed by atoms with van der Waals surface area (Å²) < 4.78 is 11.2. The Labute approximate surface area is 105 Å². The fourth-order valence-corrected chi connectivity index (χ4v) is 2.30. The number of rotatable bonds is 1. The summed E-state index contributed by atoms with van der Waals surface area (Å²) in [6.45, 7) is -0.487. The summed E-state index contributed by atoms with van der Waals surface area (Å²) in [7, 11) is 0. The van der Waals surface area contributed by atoms with Crippen LogP contribution >= 0.6 is 0 Å². The van der Waals surface area contributed by atoms with Crippen molar-refractivity contribution in [1.29, 1.82) is 0 Å². The van der Waals surface area contributed by atoms with Crippen LogP contribution in [0.5, 0.6) is 0 Å². The third kappa shape index (κ3) is 1.63. The minimum Gasteiger partial charge on any atom is -0.450 e. The van der Waals surface area contributed by atoms with Crippen molar-refractivity contribution in [2.45, 2.75) is 24.5 Å². The van der Waals surface area contributed by atoms with E-state index in [1.165, 1.54) is 0 Å². The van der Waals surface area contributed by atoms with Crippen LogP contribution in [0.4, 0.5) is 0 Å². The quantitative estimate of drug-likeness (QED) is 0.474. The maximum atomic E-state index is 11.8. The largest absolute Gasteiger partial charge is 0.450 e. The summed E-state index contributed by atoms with van der Waals surface area (Å²) in [5.74, 6) is -0.898. The number of carbonyl (C=O) groups is 1. The Morgan fingerprint density at radius 2 is 2.11 bits per heavy atom. The molecule has 0 bridgehead atoms. The Balaban J connectivity index is 2.17. The van der Waals surface area contributed by atoms with Crippen LogP contribution in [0.15, 0.2) is 15.7 Å². The van der Waals surface area contributed by atoms with Gasteiger partial charge in [0.15, 0.2) is 12.3 Å². The highest BCUT2D eigenvalue weighted by Crippen LogP contribution is 2.34. The van der Waals surface area contributed by atoms with Crippen LogP contribution in [0.1, 0.15) is 16.7 Å². The number of esters is 1. The molecule has 0 amide bonds. The van der Waals surface area contributed by atoms with Crippen molar-refractivity contribution in [2.24, 2.45) is 0 Å². The summed E-state index contributed by atoms with van der Waals surface area (Å²) in [6.07, 6.45) is -4.37. The number of hydrogen-bond acceptors (Lipinski definition) is 7. The highest BCUT2D eigenvalue weighted by atomic mass is 16.6. The van der Waals surface area contributed by atoms with Gasteiger partial charge in [0.25, 0.3) is 5.56 Å². The molecule has 0 spiro atoms. The molecular formula is C10H10N2O7. The SMILES string of the molecule is O=C1O[C@@H]2[C@H](O)[C@H](CO)O[C@H]2n2c1cc(=O)[nH]c2=O. The van der Waals surface area contributed by atoms with Gasteiger partial charge in [-0.15, -0.1) is 0 Å². The van der Waals surface area contributed by atoms with Crippen LogP contribution in [0, 0.1) is 0 Å². The summed E-state index contributed by atoms with van der Waals surface area (Å²) in [4.78, 5) is 36.6. The van der Waals surface area contributed by atoms with Gasteiger partial charge in [0, 0.05) is 6.07 Å². The van der Waals surface area contributed by atoms with Crippen LogP contribution in [-0.2, 0) is 9.47 Å². The van der Waals surface area contributed by atoms with E-state index in [-0.39, 0.29) is 5.69 Å². The Bertz CT molecular complexity index is 648. The second-order valence-corrected chi connectivity index (χ2v) is 4.30. The molecule has 9 heteroatoms. The van der Waals surface area contributed by atoms with Crippen LogP contribution in [-0.4, -0.2) is 50.7 Å². The monoisotopic (exact) mass is 270 g/mol. The van der Waals surface area contributed by atoms with Crippen molar-refractivity contribution in [2.75, 3.05) is 6.61 Å². The topological polar surface area (TPSA) is 131 Å². The number of ether oxygens (including phenoxy) is 2. The third-order valence-electron chi connectivity index (χ3n) is 3.18. The Hall–Kier alpha value is -1.97. The highest BCUT2D eigenvalue weighted by molar-refractivity contribution is 5.88. The first kappa shape index (κ1) is 12.1. The molecule has 0 saturated carbocycles. The third-order valence-corrected chi connectivity index (χ3v) is 3.18. The van der Waals surface area contributed by atoms with E-state index in [0.717, 1.165) is 10.6 Å². The zero-order valence-electron chi connectivity index (χ0n) is 9.48. The molecule has 0 radical (unpaired) electrons. The lowest BCUT2D eigenvalue weighted by molar-refractivity contribution is -0.0733. The summed E-state index contributed by atoms with van der Waals surface area (Å²) in [5.41, 5.74) is -1.82. The summed E-state index contributed by atoms with van der Waals surface area (Å²) >= 11 is 0. The van der Waals surface area contributed by atoms with Gasteiger partial charge in [0.1, 0.15) is 17.9 Å². The molecular weight excluding hydrogens is 260 g/mol. The van der Waals surface area contributed by atoms with Crippen molar-refractivity contribution in [1.82, 2.24) is 9.55 Å². The molecule has 3 rings (SSSR count). The second kappa shape index (κ2) is 4.02. The zero-order valence-corrected chi connectivity index (χ0v) is 9.48. The Morgan fingerprint density at radius 3 is 2.79 bits per heavy atom. The number of aliphatic hydroxyl groups is 2. The molecule has 19 heavy (non-hydrogen) atoms. The van der Waals surface area contributed by atoms with Crippen molar-refractivity contribution < 1.29 is 24.5 Å². The van der Waals surface area contributed by atoms with E-state index in [1.54, 1.807) is 0 Å². The number of nitrogens with zero attached hydrogens (tertiary/aromatic N) is 1. The van der Waals surface area contributed by atoms with Crippen molar-refractivity contribution in [3.63, 3.8) is 0 Å². The highest BCUT2D eigenvalue weighted by Gasteiger charge is 2.51. The molecule has 2 aliphatic rings. The van der Waals surface area contributed by atoms with Crippen LogP contribution < -0.4 is 11.2 Å². The van der Waals surface area contributed by atoms with Gasteiger partial charge < -0.3 is 19.7 Å². The predicted octanol–water partition coefficient (Wildman–Crippen LogP) is -2.67. The molecule has 1 aromatic heterocycles. The summed E-state index contributed by atoms with van der Waals surface area (Å²) in [6, 6.07) is 0.919. The van der Waals surface area contributed by atoms with Crippen LogP contribution in [0.3, 0.4) is 0 Å². The maximum Gasteiger partial charge on any atom is 0.355 e. The molecule has 9 nitrogen and oxygen atoms in total. The van der Waals surface area contributed by atoms with Gasteiger partial charge in [-0.2, -0.15) is 0 Å². The zero-order chi connectivity index (χ0) is 13.7. The van der Waals surface area contributed by atoms with Crippen molar-refractivity contribution in [3.05, 3.63) is 32.6 Å². The van der Waals surface area contributed by atoms with Crippen molar-refractivity contribution >= 4 is 5.97 Å². The fourth-order valence-electron chi connectivity index (χ4n) is 2.30. The molecule has 3 N–H and O–H groups in total. The lowest BCUT2D eigenvalue weighted by Crippen LogP contribution is -2.47. The van der Waals surface area contributed by atoms with Gasteiger partial charge in [0.2, 0.25) is 0 Å². The lowest BCUT2D eigenvalue weighted by atomic mass is 10.1. The first-order valence-corrected chi connectivity index (χ1v) is 5.54. The van der Waals surface area contributed by atoms with E-state index in [4.69, 9.17) is 14.6 Å². The number of nitrogens with one attached hydrogen (secondary N) is 1.